The third kappa shape index (κ3) is 7.25. The largest absolute Gasteiger partial charge is 0.465 e. The van der Waals surface area contributed by atoms with Gasteiger partial charge in [-0.1, -0.05) is 32.6 Å². The Labute approximate surface area is 150 Å². The molecule has 0 spiro atoms. The summed E-state index contributed by atoms with van der Waals surface area (Å²) in [4.78, 5) is 12.3. The fraction of sp³-hybridized carbons (Fsp3) is 0.941. The van der Waals surface area contributed by atoms with Crippen LogP contribution in [0.3, 0.4) is 0 Å². The fourth-order valence-electron chi connectivity index (χ4n) is 2.95. The highest BCUT2D eigenvalue weighted by Gasteiger charge is 2.50. The zero-order valence-corrected chi connectivity index (χ0v) is 16.3. The number of carbonyl (C=O) groups excluding carboxylic acids is 1. The van der Waals surface area contributed by atoms with Crippen LogP contribution in [0.1, 0.15) is 66.2 Å². The van der Waals surface area contributed by atoms with E-state index in [2.05, 4.69) is 4.72 Å². The van der Waals surface area contributed by atoms with Crippen molar-refractivity contribution >= 4 is 17.0 Å². The van der Waals surface area contributed by atoms with E-state index in [9.17, 15) is 22.2 Å². The van der Waals surface area contributed by atoms with Gasteiger partial charge in [0.25, 0.3) is 0 Å². The van der Waals surface area contributed by atoms with Crippen LogP contribution in [0.25, 0.3) is 0 Å². The molecule has 148 valence electrons. The molecule has 0 saturated heterocycles. The smallest absolute Gasteiger partial charge is 0.405 e. The molecule has 1 rings (SSSR count). The number of carbonyl (C=O) groups is 1. The van der Waals surface area contributed by atoms with Crippen molar-refractivity contribution < 1.29 is 26.9 Å². The lowest BCUT2D eigenvalue weighted by Gasteiger charge is -2.31. The lowest BCUT2D eigenvalue weighted by atomic mass is 9.88. The van der Waals surface area contributed by atoms with Gasteiger partial charge in [-0.15, -0.1) is 0 Å². The van der Waals surface area contributed by atoms with Crippen LogP contribution in [0.2, 0.25) is 0 Å². The van der Waals surface area contributed by atoms with Crippen molar-refractivity contribution in [1.82, 2.24) is 4.72 Å². The minimum absolute atomic E-state index is 0.0777. The molecule has 0 aliphatic heterocycles. The minimum Gasteiger partial charge on any atom is -0.465 e. The van der Waals surface area contributed by atoms with Crippen LogP contribution in [-0.2, 0) is 20.5 Å². The zero-order valence-electron chi connectivity index (χ0n) is 15.4. The number of hydrogen-bond acceptors (Lipinski definition) is 3. The van der Waals surface area contributed by atoms with Gasteiger partial charge in [0.15, 0.2) is 0 Å². The first-order chi connectivity index (χ1) is 11.5. The minimum atomic E-state index is -4.69. The lowest BCUT2D eigenvalue weighted by Crippen LogP contribution is -2.54. The third-order valence-electron chi connectivity index (χ3n) is 4.36. The first-order valence-corrected chi connectivity index (χ1v) is 10.0. The molecule has 3 atom stereocenters. The second kappa shape index (κ2) is 9.35. The van der Waals surface area contributed by atoms with Crippen molar-refractivity contribution in [2.45, 2.75) is 83.2 Å². The van der Waals surface area contributed by atoms with Gasteiger partial charge in [0.2, 0.25) is 0 Å². The molecule has 0 aromatic rings. The van der Waals surface area contributed by atoms with Gasteiger partial charge in [-0.2, -0.15) is 13.2 Å². The second-order valence-corrected chi connectivity index (χ2v) is 9.68. The molecule has 4 nitrogen and oxygen atoms in total. The molecule has 1 fully saturated rings. The Kier molecular flexibility index (Phi) is 8.38. The highest BCUT2D eigenvalue weighted by molar-refractivity contribution is 7.84. The second-order valence-electron chi connectivity index (χ2n) is 7.68. The van der Waals surface area contributed by atoms with Crippen molar-refractivity contribution in [2.24, 2.45) is 11.8 Å². The Morgan fingerprint density at radius 3 is 2.24 bits per heavy atom. The Bertz CT molecular complexity index is 457. The third-order valence-corrected chi connectivity index (χ3v) is 5.94. The molecular weight excluding hydrogens is 355 g/mol. The molecule has 8 heteroatoms. The van der Waals surface area contributed by atoms with E-state index in [-0.39, 0.29) is 18.9 Å². The Balaban J connectivity index is 3.03. The van der Waals surface area contributed by atoms with E-state index < -0.39 is 39.8 Å². The maximum absolute atomic E-state index is 13.7. The van der Waals surface area contributed by atoms with Crippen LogP contribution in [0, 0.1) is 11.8 Å². The highest BCUT2D eigenvalue weighted by atomic mass is 32.2. The summed E-state index contributed by atoms with van der Waals surface area (Å²) in [5.74, 6) is -2.15. The number of esters is 1. The quantitative estimate of drug-likeness (QED) is 0.640. The molecule has 0 unspecified atom stereocenters. The predicted octanol–water partition coefficient (Wildman–Crippen LogP) is 4.12. The van der Waals surface area contributed by atoms with E-state index in [1.807, 2.05) is 0 Å². The summed E-state index contributed by atoms with van der Waals surface area (Å²) in [6.45, 7) is 6.64. The maximum Gasteiger partial charge on any atom is 0.405 e. The topological polar surface area (TPSA) is 55.4 Å². The summed E-state index contributed by atoms with van der Waals surface area (Å²) >= 11 is 0. The molecular formula is C17H30F3NO3S. The lowest BCUT2D eigenvalue weighted by molar-refractivity contribution is -0.180. The van der Waals surface area contributed by atoms with Gasteiger partial charge < -0.3 is 4.74 Å². The molecule has 0 aromatic carbocycles. The Morgan fingerprint density at radius 1 is 1.24 bits per heavy atom. The van der Waals surface area contributed by atoms with Crippen LogP contribution in [-0.4, -0.2) is 33.8 Å². The van der Waals surface area contributed by atoms with Gasteiger partial charge in [-0.25, -0.2) is 8.93 Å². The van der Waals surface area contributed by atoms with Crippen LogP contribution in [0.4, 0.5) is 13.2 Å². The Morgan fingerprint density at radius 2 is 1.80 bits per heavy atom. The SMILES string of the molecule is CCCOC(=O)[C@@H](CC1CCCC1)[C@H](N[S@@](=O)C(C)(C)C)C(F)(F)F. The summed E-state index contributed by atoms with van der Waals surface area (Å²) in [6.07, 6.45) is -0.440. The van der Waals surface area contributed by atoms with Crippen molar-refractivity contribution in [3.8, 4) is 0 Å². The van der Waals surface area contributed by atoms with Crippen LogP contribution in [0.15, 0.2) is 0 Å². The number of rotatable bonds is 8. The summed E-state index contributed by atoms with van der Waals surface area (Å²) in [6, 6.07) is -2.17. The highest BCUT2D eigenvalue weighted by Crippen LogP contribution is 2.36. The molecule has 1 N–H and O–H groups in total. The average molecular weight is 385 g/mol. The summed E-state index contributed by atoms with van der Waals surface area (Å²) in [7, 11) is -1.94. The van der Waals surface area contributed by atoms with Gasteiger partial charge >= 0.3 is 12.1 Å². The fourth-order valence-corrected chi connectivity index (χ4v) is 3.83. The van der Waals surface area contributed by atoms with Gasteiger partial charge in [0.1, 0.15) is 6.04 Å². The van der Waals surface area contributed by atoms with Crippen LogP contribution >= 0.6 is 0 Å². The first kappa shape index (κ1) is 22.4. The van der Waals surface area contributed by atoms with E-state index in [0.29, 0.717) is 6.42 Å². The summed E-state index contributed by atoms with van der Waals surface area (Å²) in [5.41, 5.74) is 0. The number of nitrogens with one attached hydrogen (secondary N) is 1. The number of hydrogen-bond donors (Lipinski definition) is 1. The average Bonchev–Trinajstić information content (AvgIpc) is 2.98. The molecule has 1 aliphatic rings. The standard InChI is InChI=1S/C17H30F3NO3S/c1-5-10-24-15(22)13(11-12-8-6-7-9-12)14(17(18,19)20)21-25(23)16(2,3)4/h12-14,21H,5-11H2,1-4H3/t13-,14-,25-/m0/s1. The monoisotopic (exact) mass is 385 g/mol. The van der Waals surface area contributed by atoms with Crippen molar-refractivity contribution in [1.29, 1.82) is 0 Å². The normalized spacial score (nSPS) is 20.3. The Hall–Kier alpha value is -0.630. The number of alkyl halides is 3. The number of halogens is 3. The van der Waals surface area contributed by atoms with Gasteiger partial charge in [-0.05, 0) is 39.5 Å². The van der Waals surface area contributed by atoms with Crippen molar-refractivity contribution in [3.05, 3.63) is 0 Å². The number of ether oxygens (including phenoxy) is 1. The molecule has 0 radical (unpaired) electrons. The molecule has 25 heavy (non-hydrogen) atoms. The molecule has 0 amide bonds. The summed E-state index contributed by atoms with van der Waals surface area (Å²) in [5, 5.41) is 0. The van der Waals surface area contributed by atoms with Crippen molar-refractivity contribution in [2.75, 3.05) is 6.61 Å². The summed E-state index contributed by atoms with van der Waals surface area (Å²) < 4.78 is 59.6. The van der Waals surface area contributed by atoms with E-state index in [0.717, 1.165) is 25.7 Å². The molecule has 0 bridgehead atoms. The maximum atomic E-state index is 13.7. The predicted molar refractivity (Wildman–Crippen MR) is 92.2 cm³/mol. The van der Waals surface area contributed by atoms with Crippen LogP contribution < -0.4 is 4.72 Å². The van der Waals surface area contributed by atoms with E-state index in [4.69, 9.17) is 4.74 Å². The first-order valence-electron chi connectivity index (χ1n) is 8.88. The van der Waals surface area contributed by atoms with E-state index in [1.54, 1.807) is 27.7 Å². The molecule has 0 aromatic heterocycles. The van der Waals surface area contributed by atoms with Gasteiger partial charge in [0, 0.05) is 0 Å². The molecule has 1 saturated carbocycles. The van der Waals surface area contributed by atoms with Gasteiger partial charge in [-0.3, -0.25) is 4.79 Å². The zero-order chi connectivity index (χ0) is 19.3. The molecule has 0 heterocycles. The van der Waals surface area contributed by atoms with Crippen molar-refractivity contribution in [3.63, 3.8) is 0 Å². The molecule has 1 aliphatic carbocycles. The van der Waals surface area contributed by atoms with E-state index in [1.165, 1.54) is 0 Å². The van der Waals surface area contributed by atoms with E-state index >= 15 is 0 Å². The van der Waals surface area contributed by atoms with Crippen LogP contribution in [0.5, 0.6) is 0 Å². The van der Waals surface area contributed by atoms with Gasteiger partial charge in [0.05, 0.1) is 28.3 Å².